The van der Waals surface area contributed by atoms with Gasteiger partial charge in [0.1, 0.15) is 5.75 Å². The normalized spacial score (nSPS) is 12.6. The summed E-state index contributed by atoms with van der Waals surface area (Å²) in [5, 5.41) is 8.35. The molecule has 0 spiro atoms. The van der Waals surface area contributed by atoms with Gasteiger partial charge in [-0.2, -0.15) is 0 Å². The second-order valence-corrected chi connectivity index (χ2v) is 4.15. The molecule has 1 aliphatic heterocycles. The van der Waals surface area contributed by atoms with Crippen molar-refractivity contribution in [1.29, 1.82) is 0 Å². The minimum atomic E-state index is -0.231. The Morgan fingerprint density at radius 2 is 2.26 bits per heavy atom. The first kappa shape index (κ1) is 15.6. The predicted molar refractivity (Wildman–Crippen MR) is 75.4 cm³/mol. The Labute approximate surface area is 121 Å². The predicted octanol–water partition coefficient (Wildman–Crippen LogP) is 1.25. The van der Waals surface area contributed by atoms with Gasteiger partial charge in [-0.25, -0.2) is 0 Å². The van der Waals surface area contributed by atoms with Crippen molar-refractivity contribution in [3.63, 3.8) is 0 Å². The number of hydrogen-bond donors (Lipinski definition) is 3. The van der Waals surface area contributed by atoms with Gasteiger partial charge in [-0.15, -0.1) is 12.4 Å². The van der Waals surface area contributed by atoms with Gasteiger partial charge in [0.2, 0.25) is 5.91 Å². The van der Waals surface area contributed by atoms with Crippen LogP contribution in [-0.4, -0.2) is 32.0 Å². The van der Waals surface area contributed by atoms with E-state index in [0.717, 1.165) is 0 Å². The van der Waals surface area contributed by atoms with E-state index in [4.69, 9.17) is 16.3 Å². The summed E-state index contributed by atoms with van der Waals surface area (Å²) >= 11 is 6.01. The average Bonchev–Trinajstić information content (AvgIpc) is 2.31. The number of rotatable bonds is 3. The van der Waals surface area contributed by atoms with Gasteiger partial charge >= 0.3 is 0 Å². The molecule has 0 aliphatic carbocycles. The largest absolute Gasteiger partial charge is 0.482 e. The lowest BCUT2D eigenvalue weighted by Crippen LogP contribution is -2.27. The van der Waals surface area contributed by atoms with Crippen molar-refractivity contribution < 1.29 is 14.3 Å². The van der Waals surface area contributed by atoms with E-state index in [0.29, 0.717) is 22.1 Å². The van der Waals surface area contributed by atoms with Crippen LogP contribution in [-0.2, 0) is 9.59 Å². The first-order valence-electron chi connectivity index (χ1n) is 5.31. The molecule has 0 radical (unpaired) electrons. The number of nitrogens with one attached hydrogen (secondary N) is 3. The molecule has 2 amide bonds. The van der Waals surface area contributed by atoms with Crippen molar-refractivity contribution in [2.45, 2.75) is 0 Å². The van der Waals surface area contributed by atoms with Crippen molar-refractivity contribution in [2.75, 3.05) is 30.8 Å². The number of hydrogen-bond acceptors (Lipinski definition) is 4. The molecule has 0 atom stereocenters. The van der Waals surface area contributed by atoms with Gasteiger partial charge < -0.3 is 20.7 Å². The summed E-state index contributed by atoms with van der Waals surface area (Å²) in [4.78, 5) is 22.6. The molecule has 3 N–H and O–H groups in total. The van der Waals surface area contributed by atoms with E-state index in [-0.39, 0.29) is 37.4 Å². The van der Waals surface area contributed by atoms with Gasteiger partial charge in [0.05, 0.1) is 22.9 Å². The van der Waals surface area contributed by atoms with Crippen molar-refractivity contribution in [3.05, 3.63) is 17.2 Å². The first-order valence-corrected chi connectivity index (χ1v) is 5.68. The SMILES string of the molecule is CNCC(=O)Nc1cc2c(cc1Cl)NC(=O)CO2.Cl. The Balaban J connectivity index is 0.00000180. The zero-order chi connectivity index (χ0) is 13.1. The van der Waals surface area contributed by atoms with Gasteiger partial charge in [-0.05, 0) is 13.1 Å². The Morgan fingerprint density at radius 1 is 1.53 bits per heavy atom. The van der Waals surface area contributed by atoms with Crippen LogP contribution in [0.4, 0.5) is 11.4 Å². The number of ether oxygens (including phenoxy) is 1. The van der Waals surface area contributed by atoms with E-state index in [2.05, 4.69) is 16.0 Å². The van der Waals surface area contributed by atoms with E-state index < -0.39 is 0 Å². The van der Waals surface area contributed by atoms with Crippen molar-refractivity contribution in [2.24, 2.45) is 0 Å². The van der Waals surface area contributed by atoms with E-state index in [1.165, 1.54) is 0 Å². The summed E-state index contributed by atoms with van der Waals surface area (Å²) in [6, 6.07) is 3.13. The summed E-state index contributed by atoms with van der Waals surface area (Å²) in [6.45, 7) is 0.142. The smallest absolute Gasteiger partial charge is 0.262 e. The third-order valence-corrected chi connectivity index (χ3v) is 2.63. The minimum Gasteiger partial charge on any atom is -0.482 e. The fourth-order valence-corrected chi connectivity index (χ4v) is 1.76. The molecule has 6 nitrogen and oxygen atoms in total. The fourth-order valence-electron chi connectivity index (χ4n) is 1.55. The monoisotopic (exact) mass is 305 g/mol. The number of anilines is 2. The standard InChI is InChI=1S/C11H12ClN3O3.ClH/c1-13-4-10(16)14-7-3-9-8(2-6(7)12)15-11(17)5-18-9;/h2-3,13H,4-5H2,1H3,(H,14,16)(H,15,17);1H. The van der Waals surface area contributed by atoms with E-state index >= 15 is 0 Å². The molecule has 8 heteroatoms. The van der Waals surface area contributed by atoms with Crippen LogP contribution in [0.25, 0.3) is 0 Å². The van der Waals surface area contributed by atoms with Crippen LogP contribution >= 0.6 is 24.0 Å². The maximum atomic E-state index is 11.4. The molecule has 0 saturated carbocycles. The van der Waals surface area contributed by atoms with Crippen molar-refractivity contribution in [1.82, 2.24) is 5.32 Å². The number of carbonyl (C=O) groups excluding carboxylic acids is 2. The Bertz CT molecular complexity index is 508. The number of halogens is 2. The van der Waals surface area contributed by atoms with Crippen molar-refractivity contribution in [3.8, 4) is 5.75 Å². The van der Waals surface area contributed by atoms with Crippen LogP contribution in [0.1, 0.15) is 0 Å². The second-order valence-electron chi connectivity index (χ2n) is 3.74. The second kappa shape index (κ2) is 6.60. The minimum absolute atomic E-state index is 0. The molecule has 19 heavy (non-hydrogen) atoms. The lowest BCUT2D eigenvalue weighted by atomic mass is 10.2. The van der Waals surface area contributed by atoms with Crippen LogP contribution in [0.2, 0.25) is 5.02 Å². The number of fused-ring (bicyclic) bond motifs is 1. The molecular formula is C11H13Cl2N3O3. The van der Waals surface area contributed by atoms with Crippen LogP contribution < -0.4 is 20.7 Å². The van der Waals surface area contributed by atoms with E-state index in [1.54, 1.807) is 19.2 Å². The maximum absolute atomic E-state index is 11.4. The zero-order valence-corrected chi connectivity index (χ0v) is 11.7. The summed E-state index contributed by atoms with van der Waals surface area (Å²) in [5.74, 6) is 0.0449. The topological polar surface area (TPSA) is 79.5 Å². The highest BCUT2D eigenvalue weighted by atomic mass is 35.5. The van der Waals surface area contributed by atoms with Crippen LogP contribution in [0.3, 0.4) is 0 Å². The highest BCUT2D eigenvalue weighted by Crippen LogP contribution is 2.36. The molecule has 2 rings (SSSR count). The quantitative estimate of drug-likeness (QED) is 0.785. The van der Waals surface area contributed by atoms with Gasteiger partial charge in [0, 0.05) is 6.07 Å². The molecule has 0 saturated heterocycles. The molecular weight excluding hydrogens is 293 g/mol. The third kappa shape index (κ3) is 3.73. The van der Waals surface area contributed by atoms with Crippen LogP contribution in [0.15, 0.2) is 12.1 Å². The average molecular weight is 306 g/mol. The summed E-state index contributed by atoms with van der Waals surface area (Å²) in [6.07, 6.45) is 0. The Kier molecular flexibility index (Phi) is 5.41. The fraction of sp³-hybridized carbons (Fsp3) is 0.273. The van der Waals surface area contributed by atoms with Gasteiger partial charge in [0.15, 0.2) is 6.61 Å². The lowest BCUT2D eigenvalue weighted by molar-refractivity contribution is -0.118. The zero-order valence-electron chi connectivity index (χ0n) is 10.1. The lowest BCUT2D eigenvalue weighted by Gasteiger charge is -2.19. The van der Waals surface area contributed by atoms with Gasteiger partial charge in [-0.3, -0.25) is 9.59 Å². The van der Waals surface area contributed by atoms with Gasteiger partial charge in [0.25, 0.3) is 5.91 Å². The molecule has 1 aromatic rings. The highest BCUT2D eigenvalue weighted by molar-refractivity contribution is 6.34. The first-order chi connectivity index (χ1) is 8.60. The van der Waals surface area contributed by atoms with Crippen LogP contribution in [0.5, 0.6) is 5.75 Å². The third-order valence-electron chi connectivity index (χ3n) is 2.31. The highest BCUT2D eigenvalue weighted by Gasteiger charge is 2.18. The molecule has 1 aromatic carbocycles. The van der Waals surface area contributed by atoms with E-state index in [1.807, 2.05) is 0 Å². The molecule has 0 bridgehead atoms. The molecule has 1 heterocycles. The molecule has 0 fully saturated rings. The summed E-state index contributed by atoms with van der Waals surface area (Å²) in [5.41, 5.74) is 0.953. The molecule has 104 valence electrons. The van der Waals surface area contributed by atoms with E-state index in [9.17, 15) is 9.59 Å². The number of amides is 2. The van der Waals surface area contributed by atoms with Gasteiger partial charge in [-0.1, -0.05) is 11.6 Å². The Hall–Kier alpha value is -1.50. The molecule has 1 aliphatic rings. The Morgan fingerprint density at radius 3 is 2.95 bits per heavy atom. The summed E-state index contributed by atoms with van der Waals surface area (Å²) < 4.78 is 5.24. The molecule has 0 aromatic heterocycles. The summed E-state index contributed by atoms with van der Waals surface area (Å²) in [7, 11) is 1.67. The van der Waals surface area contributed by atoms with Crippen LogP contribution in [0, 0.1) is 0 Å². The number of likely N-dealkylation sites (N-methyl/N-ethyl adjacent to an activating group) is 1. The maximum Gasteiger partial charge on any atom is 0.262 e. The van der Waals surface area contributed by atoms with Crippen molar-refractivity contribution >= 4 is 47.2 Å². The number of benzene rings is 1. The number of carbonyl (C=O) groups is 2. The molecule has 0 unspecified atom stereocenters.